The Morgan fingerprint density at radius 1 is 1.40 bits per heavy atom. The summed E-state index contributed by atoms with van der Waals surface area (Å²) in [7, 11) is 5.68. The minimum Gasteiger partial charge on any atom is -0.480 e. The fourth-order valence-corrected chi connectivity index (χ4v) is 3.23. The molecule has 0 atom stereocenters. The van der Waals surface area contributed by atoms with Crippen LogP contribution >= 0.6 is 11.3 Å². The number of aromatic nitrogens is 1. The highest BCUT2D eigenvalue weighted by molar-refractivity contribution is 7.15. The Kier molecular flexibility index (Phi) is 5.23. The summed E-state index contributed by atoms with van der Waals surface area (Å²) in [5.74, 6) is 0.739. The van der Waals surface area contributed by atoms with E-state index in [9.17, 15) is 0 Å². The van der Waals surface area contributed by atoms with Gasteiger partial charge in [-0.1, -0.05) is 18.3 Å². The van der Waals surface area contributed by atoms with Crippen molar-refractivity contribution in [3.63, 3.8) is 0 Å². The monoisotopic (exact) mass is 299 g/mol. The van der Waals surface area contributed by atoms with Crippen LogP contribution in [0.1, 0.15) is 24.6 Å². The molecule has 2 heterocycles. The smallest absolute Gasteiger partial charge is 0.230 e. The van der Waals surface area contributed by atoms with E-state index in [0.29, 0.717) is 5.41 Å². The van der Waals surface area contributed by atoms with E-state index >= 15 is 0 Å². The summed E-state index contributed by atoms with van der Waals surface area (Å²) in [5.41, 5.74) is 0.348. The molecule has 0 aromatic carbocycles. The molecule has 1 fully saturated rings. The molecule has 5 nitrogen and oxygen atoms in total. The number of hydrogen-bond acceptors (Lipinski definition) is 6. The molecule has 0 bridgehead atoms. The third kappa shape index (κ3) is 3.84. The molecule has 1 aromatic rings. The first kappa shape index (κ1) is 15.5. The number of hydrogen-bond donors (Lipinski definition) is 1. The van der Waals surface area contributed by atoms with Gasteiger partial charge < -0.3 is 19.7 Å². The van der Waals surface area contributed by atoms with Gasteiger partial charge in [0.25, 0.3) is 0 Å². The Morgan fingerprint density at radius 3 is 2.70 bits per heavy atom. The predicted octanol–water partition coefficient (Wildman–Crippen LogP) is 2.12. The van der Waals surface area contributed by atoms with Crippen LogP contribution < -0.4 is 15.0 Å². The Balaban J connectivity index is 1.90. The van der Waals surface area contributed by atoms with Crippen LogP contribution in [0.2, 0.25) is 0 Å². The van der Waals surface area contributed by atoms with Gasteiger partial charge in [-0.25, -0.2) is 0 Å². The van der Waals surface area contributed by atoms with Gasteiger partial charge in [0, 0.05) is 40.4 Å². The number of nitrogens with zero attached hydrogens (tertiary/aromatic N) is 2. The zero-order chi connectivity index (χ0) is 14.6. The maximum atomic E-state index is 5.43. The van der Waals surface area contributed by atoms with Crippen LogP contribution in [0.25, 0.3) is 0 Å². The highest BCUT2D eigenvalue weighted by Gasteiger charge is 2.27. The molecule has 1 saturated heterocycles. The van der Waals surface area contributed by atoms with E-state index < -0.39 is 0 Å². The molecule has 1 aromatic heterocycles. The van der Waals surface area contributed by atoms with E-state index in [1.807, 2.05) is 19.0 Å². The zero-order valence-electron chi connectivity index (χ0n) is 12.9. The molecular formula is C14H25N3O2S. The van der Waals surface area contributed by atoms with E-state index in [0.717, 1.165) is 55.0 Å². The molecular weight excluding hydrogens is 274 g/mol. The highest BCUT2D eigenvalue weighted by Crippen LogP contribution is 2.31. The lowest BCUT2D eigenvalue weighted by Gasteiger charge is -2.33. The Labute approximate surface area is 125 Å². The topological polar surface area (TPSA) is 46.6 Å². The first-order valence-electron chi connectivity index (χ1n) is 7.03. The molecule has 1 N–H and O–H groups in total. The van der Waals surface area contributed by atoms with Gasteiger partial charge in [-0.3, -0.25) is 0 Å². The molecule has 20 heavy (non-hydrogen) atoms. The van der Waals surface area contributed by atoms with Crippen molar-refractivity contribution in [3.05, 3.63) is 4.88 Å². The number of nitrogens with one attached hydrogen (secondary N) is 1. The molecule has 2 rings (SSSR count). The van der Waals surface area contributed by atoms with Gasteiger partial charge in [0.1, 0.15) is 0 Å². The summed E-state index contributed by atoms with van der Waals surface area (Å²) < 4.78 is 10.8. The van der Waals surface area contributed by atoms with Gasteiger partial charge in [0.05, 0.1) is 12.0 Å². The Morgan fingerprint density at radius 2 is 2.10 bits per heavy atom. The summed E-state index contributed by atoms with van der Waals surface area (Å²) in [6, 6.07) is 0. The molecule has 6 heteroatoms. The lowest BCUT2D eigenvalue weighted by Crippen LogP contribution is -2.36. The van der Waals surface area contributed by atoms with E-state index in [1.54, 1.807) is 18.4 Å². The maximum absolute atomic E-state index is 5.43. The zero-order valence-corrected chi connectivity index (χ0v) is 13.7. The van der Waals surface area contributed by atoms with Crippen LogP contribution in [0.4, 0.5) is 5.13 Å². The second kappa shape index (κ2) is 6.74. The fraction of sp³-hybridized carbons (Fsp3) is 0.786. The first-order chi connectivity index (χ1) is 9.54. The molecule has 114 valence electrons. The van der Waals surface area contributed by atoms with Crippen molar-refractivity contribution >= 4 is 16.5 Å². The summed E-state index contributed by atoms with van der Waals surface area (Å²) in [5, 5.41) is 4.54. The van der Waals surface area contributed by atoms with Crippen LogP contribution in [-0.4, -0.2) is 45.9 Å². The highest BCUT2D eigenvalue weighted by atomic mass is 32.1. The first-order valence-corrected chi connectivity index (χ1v) is 7.85. The average molecular weight is 299 g/mol. The normalized spacial score (nSPS) is 18.0. The number of rotatable bonds is 6. The van der Waals surface area contributed by atoms with E-state index in [1.165, 1.54) is 0 Å². The molecule has 0 amide bonds. The second-order valence-corrected chi connectivity index (χ2v) is 6.91. The minimum absolute atomic E-state index is 0.348. The van der Waals surface area contributed by atoms with Gasteiger partial charge in [0.15, 0.2) is 5.13 Å². The van der Waals surface area contributed by atoms with Gasteiger partial charge in [0.2, 0.25) is 5.88 Å². The average Bonchev–Trinajstić information content (AvgIpc) is 2.83. The van der Waals surface area contributed by atoms with Gasteiger partial charge in [-0.2, -0.15) is 4.98 Å². The van der Waals surface area contributed by atoms with Crippen LogP contribution in [-0.2, 0) is 11.3 Å². The summed E-state index contributed by atoms with van der Waals surface area (Å²) in [6.07, 6.45) is 2.26. The van der Waals surface area contributed by atoms with E-state index in [4.69, 9.17) is 9.47 Å². The summed E-state index contributed by atoms with van der Waals surface area (Å²) in [6.45, 7) is 5.91. The van der Waals surface area contributed by atoms with Crippen molar-refractivity contribution in [1.82, 2.24) is 10.3 Å². The Bertz CT molecular complexity index is 428. The quantitative estimate of drug-likeness (QED) is 0.872. The van der Waals surface area contributed by atoms with Crippen molar-refractivity contribution in [2.45, 2.75) is 26.3 Å². The van der Waals surface area contributed by atoms with Crippen LogP contribution in [0.15, 0.2) is 0 Å². The van der Waals surface area contributed by atoms with Crippen molar-refractivity contribution in [2.24, 2.45) is 5.41 Å². The molecule has 1 aliphatic heterocycles. The second-order valence-electron chi connectivity index (χ2n) is 5.85. The van der Waals surface area contributed by atoms with E-state index in [2.05, 4.69) is 17.2 Å². The van der Waals surface area contributed by atoms with Crippen molar-refractivity contribution < 1.29 is 9.47 Å². The molecule has 1 aliphatic rings. The lowest BCUT2D eigenvalue weighted by molar-refractivity contribution is 0.0240. The van der Waals surface area contributed by atoms with Gasteiger partial charge in [-0.05, 0) is 18.3 Å². The SMILES string of the molecule is COc1nc(N(C)C)sc1CNCC1(C)CCOCC1. The molecule has 0 aliphatic carbocycles. The van der Waals surface area contributed by atoms with Crippen molar-refractivity contribution in [1.29, 1.82) is 0 Å². The number of anilines is 1. The fourth-order valence-electron chi connectivity index (χ4n) is 2.31. The predicted molar refractivity (Wildman–Crippen MR) is 82.9 cm³/mol. The summed E-state index contributed by atoms with van der Waals surface area (Å²) in [4.78, 5) is 7.64. The molecule has 0 unspecified atom stereocenters. The Hall–Kier alpha value is -0.850. The van der Waals surface area contributed by atoms with Gasteiger partial charge >= 0.3 is 0 Å². The lowest BCUT2D eigenvalue weighted by atomic mass is 9.82. The minimum atomic E-state index is 0.348. The van der Waals surface area contributed by atoms with Crippen LogP contribution in [0.3, 0.4) is 0 Å². The summed E-state index contributed by atoms with van der Waals surface area (Å²) >= 11 is 1.68. The third-order valence-corrected chi connectivity index (χ3v) is 4.97. The maximum Gasteiger partial charge on any atom is 0.230 e. The number of thiazole rings is 1. The van der Waals surface area contributed by atoms with Crippen molar-refractivity contribution in [3.8, 4) is 5.88 Å². The number of methoxy groups -OCH3 is 1. The van der Waals surface area contributed by atoms with Crippen LogP contribution in [0.5, 0.6) is 5.88 Å². The molecule has 0 spiro atoms. The molecule has 0 radical (unpaired) electrons. The third-order valence-electron chi connectivity index (χ3n) is 3.76. The van der Waals surface area contributed by atoms with Crippen LogP contribution in [0, 0.1) is 5.41 Å². The van der Waals surface area contributed by atoms with Gasteiger partial charge in [-0.15, -0.1) is 0 Å². The standard InChI is InChI=1S/C14H25N3O2S/c1-14(5-7-19-8-6-14)10-15-9-11-12(18-4)16-13(20-11)17(2)3/h15H,5-10H2,1-4H3. The van der Waals surface area contributed by atoms with Crippen molar-refractivity contribution in [2.75, 3.05) is 45.9 Å². The largest absolute Gasteiger partial charge is 0.480 e. The molecule has 0 saturated carbocycles. The number of ether oxygens (including phenoxy) is 2. The van der Waals surface area contributed by atoms with E-state index in [-0.39, 0.29) is 0 Å².